The van der Waals surface area contributed by atoms with E-state index >= 15 is 0 Å². The predicted molar refractivity (Wildman–Crippen MR) is 104 cm³/mol. The minimum Gasteiger partial charge on any atom is -0.368 e. The number of nitrogens with zero attached hydrogens (tertiary/aromatic N) is 7. The van der Waals surface area contributed by atoms with Crippen LogP contribution in [0.15, 0.2) is 12.4 Å². The van der Waals surface area contributed by atoms with Gasteiger partial charge in [0.25, 0.3) is 0 Å². The van der Waals surface area contributed by atoms with E-state index in [9.17, 15) is 0 Å². The first-order chi connectivity index (χ1) is 13.5. The van der Waals surface area contributed by atoms with E-state index in [4.69, 9.17) is 25.4 Å². The molecule has 4 aliphatic rings. The molecule has 9 heteroatoms. The molecule has 0 atom stereocenters. The normalized spacial score (nSPS) is 25.0. The molecule has 28 heavy (non-hydrogen) atoms. The van der Waals surface area contributed by atoms with Crippen molar-refractivity contribution in [3.8, 4) is 11.4 Å². The van der Waals surface area contributed by atoms with E-state index in [1.165, 1.54) is 12.8 Å². The van der Waals surface area contributed by atoms with Crippen molar-refractivity contribution in [1.29, 1.82) is 0 Å². The van der Waals surface area contributed by atoms with Gasteiger partial charge in [0, 0.05) is 31.5 Å². The van der Waals surface area contributed by atoms with Crippen LogP contribution in [0.1, 0.15) is 32.5 Å². The molecule has 2 N–H and O–H groups in total. The highest BCUT2D eigenvalue weighted by molar-refractivity contribution is 5.87. The second kappa shape index (κ2) is 5.38. The van der Waals surface area contributed by atoms with Crippen molar-refractivity contribution >= 4 is 22.9 Å². The Hall–Kier alpha value is -2.81. The summed E-state index contributed by atoms with van der Waals surface area (Å²) >= 11 is 0. The van der Waals surface area contributed by atoms with E-state index in [0.717, 1.165) is 47.4 Å². The van der Waals surface area contributed by atoms with E-state index in [2.05, 4.69) is 33.3 Å². The van der Waals surface area contributed by atoms with Crippen LogP contribution in [0.2, 0.25) is 0 Å². The van der Waals surface area contributed by atoms with Crippen LogP contribution in [0.4, 0.5) is 11.8 Å². The van der Waals surface area contributed by atoms with Crippen LogP contribution in [0, 0.1) is 5.92 Å². The highest BCUT2D eigenvalue weighted by Crippen LogP contribution is 2.45. The smallest absolute Gasteiger partial charge is 0.219 e. The Kier molecular flexibility index (Phi) is 3.11. The van der Waals surface area contributed by atoms with E-state index in [-0.39, 0.29) is 5.95 Å². The monoisotopic (exact) mass is 378 g/mol. The van der Waals surface area contributed by atoms with Crippen LogP contribution in [-0.4, -0.2) is 48.7 Å². The van der Waals surface area contributed by atoms with Gasteiger partial charge in [-0.05, 0) is 32.6 Å². The summed E-state index contributed by atoms with van der Waals surface area (Å²) in [5, 5.41) is 0. The van der Waals surface area contributed by atoms with Crippen LogP contribution < -0.4 is 10.6 Å². The summed E-state index contributed by atoms with van der Waals surface area (Å²) in [6.07, 6.45) is 5.84. The van der Waals surface area contributed by atoms with Gasteiger partial charge in [-0.15, -0.1) is 0 Å². The minimum atomic E-state index is -0.451. The first kappa shape index (κ1) is 16.2. The van der Waals surface area contributed by atoms with Gasteiger partial charge in [0.15, 0.2) is 22.8 Å². The van der Waals surface area contributed by atoms with Gasteiger partial charge in [0.05, 0.1) is 12.2 Å². The third-order valence-electron chi connectivity index (χ3n) is 6.20. The number of ether oxygens (including phenoxy) is 1. The standard InChI is InChI=1S/C19H22N8O/c1-19(2)17-23-13-15(26(17)3-4-28-19)24-14(11-7-21-18(20)22-8-11)25-16(13)27-9-10-5-12(27)6-10/h7-8,10,12H,3-6,9H2,1-2H3,(H2,20,21,22). The summed E-state index contributed by atoms with van der Waals surface area (Å²) in [4.78, 5) is 25.4. The largest absolute Gasteiger partial charge is 0.368 e. The Morgan fingerprint density at radius 3 is 2.64 bits per heavy atom. The summed E-state index contributed by atoms with van der Waals surface area (Å²) in [7, 11) is 0. The highest BCUT2D eigenvalue weighted by atomic mass is 16.5. The molecule has 0 aromatic carbocycles. The maximum Gasteiger partial charge on any atom is 0.219 e. The predicted octanol–water partition coefficient (Wildman–Crippen LogP) is 1.73. The SMILES string of the molecule is CC1(C)OCCn2c1nc1c(N3CC4CC3C4)nc(-c3cnc(N)nc3)nc12. The third kappa shape index (κ3) is 2.19. The van der Waals surface area contributed by atoms with Crippen LogP contribution in [0.25, 0.3) is 22.6 Å². The molecule has 2 saturated heterocycles. The molecule has 0 unspecified atom stereocenters. The Bertz CT molecular complexity index is 1080. The van der Waals surface area contributed by atoms with Gasteiger partial charge in [-0.2, -0.15) is 0 Å². The lowest BCUT2D eigenvalue weighted by Gasteiger charge is -2.30. The molecule has 3 aromatic heterocycles. The average molecular weight is 378 g/mol. The molecule has 0 radical (unpaired) electrons. The van der Waals surface area contributed by atoms with Gasteiger partial charge in [0.1, 0.15) is 11.4 Å². The number of rotatable bonds is 2. The number of aromatic nitrogens is 6. The van der Waals surface area contributed by atoms with Gasteiger partial charge >= 0.3 is 0 Å². The van der Waals surface area contributed by atoms with Crippen molar-refractivity contribution in [1.82, 2.24) is 29.5 Å². The van der Waals surface area contributed by atoms with Crippen LogP contribution in [0.5, 0.6) is 0 Å². The first-order valence-electron chi connectivity index (χ1n) is 9.77. The van der Waals surface area contributed by atoms with Gasteiger partial charge < -0.3 is 19.9 Å². The number of fused-ring (bicyclic) bond motifs is 4. The van der Waals surface area contributed by atoms with Crippen LogP contribution >= 0.6 is 0 Å². The second-order valence-corrected chi connectivity index (χ2v) is 8.46. The molecule has 1 saturated carbocycles. The Balaban J connectivity index is 1.60. The maximum absolute atomic E-state index is 5.97. The second-order valence-electron chi connectivity index (χ2n) is 8.46. The maximum atomic E-state index is 5.97. The Morgan fingerprint density at radius 1 is 1.14 bits per heavy atom. The van der Waals surface area contributed by atoms with Gasteiger partial charge in [-0.25, -0.2) is 24.9 Å². The molecule has 3 aliphatic heterocycles. The van der Waals surface area contributed by atoms with Crippen molar-refractivity contribution in [3.05, 3.63) is 18.2 Å². The van der Waals surface area contributed by atoms with Gasteiger partial charge in [-0.1, -0.05) is 0 Å². The van der Waals surface area contributed by atoms with Crippen molar-refractivity contribution in [3.63, 3.8) is 0 Å². The Morgan fingerprint density at radius 2 is 1.93 bits per heavy atom. The fourth-order valence-electron chi connectivity index (χ4n) is 4.69. The molecule has 0 amide bonds. The first-order valence-corrected chi connectivity index (χ1v) is 9.77. The van der Waals surface area contributed by atoms with Crippen molar-refractivity contribution in [2.75, 3.05) is 23.8 Å². The lowest BCUT2D eigenvalue weighted by atomic mass is 9.86. The zero-order valence-electron chi connectivity index (χ0n) is 16.0. The van der Waals surface area contributed by atoms with Gasteiger partial charge in [0.2, 0.25) is 5.95 Å². The fraction of sp³-hybridized carbons (Fsp3) is 0.526. The highest BCUT2D eigenvalue weighted by Gasteiger charge is 2.45. The van der Waals surface area contributed by atoms with Crippen molar-refractivity contribution < 1.29 is 4.74 Å². The number of nitrogens with two attached hydrogens (primary N) is 1. The van der Waals surface area contributed by atoms with Crippen molar-refractivity contribution in [2.45, 2.75) is 44.9 Å². The topological polar surface area (TPSA) is 108 Å². The molecule has 7 rings (SSSR count). The summed E-state index contributed by atoms with van der Waals surface area (Å²) in [6, 6.07) is 0.557. The average Bonchev–Trinajstić information content (AvgIpc) is 3.33. The molecule has 0 spiro atoms. The van der Waals surface area contributed by atoms with E-state index in [1.807, 2.05) is 0 Å². The van der Waals surface area contributed by atoms with E-state index in [1.54, 1.807) is 12.4 Å². The molecule has 3 aromatic rings. The quantitative estimate of drug-likeness (QED) is 0.718. The number of hydrogen-bond donors (Lipinski definition) is 1. The Labute approximate surface area is 162 Å². The molecule has 3 fully saturated rings. The molecule has 144 valence electrons. The molecule has 1 aliphatic carbocycles. The zero-order valence-corrected chi connectivity index (χ0v) is 16.0. The zero-order chi connectivity index (χ0) is 19.0. The van der Waals surface area contributed by atoms with Gasteiger partial charge in [-0.3, -0.25) is 0 Å². The number of imidazole rings is 1. The van der Waals surface area contributed by atoms with Crippen molar-refractivity contribution in [2.24, 2.45) is 5.92 Å². The lowest BCUT2D eigenvalue weighted by molar-refractivity contribution is -0.0530. The molecule has 2 bridgehead atoms. The van der Waals surface area contributed by atoms with E-state index < -0.39 is 5.60 Å². The van der Waals surface area contributed by atoms with E-state index in [0.29, 0.717) is 18.5 Å². The molecule has 9 nitrogen and oxygen atoms in total. The number of anilines is 2. The minimum absolute atomic E-state index is 0.242. The molecular formula is C19H22N8O. The molecular weight excluding hydrogens is 356 g/mol. The summed E-state index contributed by atoms with van der Waals surface area (Å²) in [6.45, 7) is 6.52. The third-order valence-corrected chi connectivity index (χ3v) is 6.20. The number of nitrogen functional groups attached to an aromatic ring is 1. The molecule has 6 heterocycles. The summed E-state index contributed by atoms with van der Waals surface area (Å²) in [5.41, 5.74) is 7.67. The number of hydrogen-bond acceptors (Lipinski definition) is 8. The lowest BCUT2D eigenvalue weighted by Crippen LogP contribution is -2.33. The fourth-order valence-corrected chi connectivity index (χ4v) is 4.69. The summed E-state index contributed by atoms with van der Waals surface area (Å²) < 4.78 is 8.14. The summed E-state index contributed by atoms with van der Waals surface area (Å²) in [5.74, 6) is 3.45. The van der Waals surface area contributed by atoms with Crippen LogP contribution in [-0.2, 0) is 16.9 Å². The van der Waals surface area contributed by atoms with Crippen LogP contribution in [0.3, 0.4) is 0 Å².